The first kappa shape index (κ1) is 16.2. The molecule has 5 heteroatoms. The molecule has 0 aliphatic carbocycles. The van der Waals surface area contributed by atoms with Gasteiger partial charge in [0, 0.05) is 18.0 Å². The monoisotopic (exact) mass is 323 g/mol. The van der Waals surface area contributed by atoms with E-state index < -0.39 is 0 Å². The SMILES string of the molecule is CCCCOc1ccc(N2N=C(c3cccnc3)C(C)C2=O)cc1. The Kier molecular flexibility index (Phi) is 4.89. The lowest BCUT2D eigenvalue weighted by Crippen LogP contribution is -2.25. The number of carbonyl (C=O) groups excluding carboxylic acids is 1. The predicted octanol–water partition coefficient (Wildman–Crippen LogP) is 3.65. The number of anilines is 1. The van der Waals surface area contributed by atoms with Crippen LogP contribution in [0.4, 0.5) is 5.69 Å². The number of pyridine rings is 1. The van der Waals surface area contributed by atoms with E-state index in [4.69, 9.17) is 4.74 Å². The summed E-state index contributed by atoms with van der Waals surface area (Å²) in [6, 6.07) is 11.2. The third kappa shape index (κ3) is 3.30. The maximum atomic E-state index is 12.5. The topological polar surface area (TPSA) is 54.8 Å². The van der Waals surface area contributed by atoms with Gasteiger partial charge in [-0.1, -0.05) is 13.3 Å². The van der Waals surface area contributed by atoms with Crippen LogP contribution in [-0.2, 0) is 4.79 Å². The van der Waals surface area contributed by atoms with Gasteiger partial charge in [0.1, 0.15) is 5.75 Å². The van der Waals surface area contributed by atoms with E-state index in [1.807, 2.05) is 43.3 Å². The van der Waals surface area contributed by atoms with Gasteiger partial charge >= 0.3 is 0 Å². The zero-order valence-electron chi connectivity index (χ0n) is 14.0. The summed E-state index contributed by atoms with van der Waals surface area (Å²) in [6.07, 6.45) is 5.57. The van der Waals surface area contributed by atoms with E-state index in [-0.39, 0.29) is 11.8 Å². The largest absolute Gasteiger partial charge is 0.494 e. The van der Waals surface area contributed by atoms with Gasteiger partial charge in [0.2, 0.25) is 0 Å². The summed E-state index contributed by atoms with van der Waals surface area (Å²) in [7, 11) is 0. The Morgan fingerprint density at radius 2 is 2.00 bits per heavy atom. The summed E-state index contributed by atoms with van der Waals surface area (Å²) in [6.45, 7) is 4.71. The molecule has 1 aliphatic heterocycles. The second-order valence-electron chi connectivity index (χ2n) is 5.79. The van der Waals surface area contributed by atoms with Gasteiger partial charge in [0.05, 0.1) is 23.9 Å². The van der Waals surface area contributed by atoms with Gasteiger partial charge < -0.3 is 4.74 Å². The van der Waals surface area contributed by atoms with Crippen molar-refractivity contribution in [1.82, 2.24) is 4.98 Å². The van der Waals surface area contributed by atoms with Crippen molar-refractivity contribution in [3.05, 3.63) is 54.4 Å². The molecule has 24 heavy (non-hydrogen) atoms. The van der Waals surface area contributed by atoms with Crippen LogP contribution in [0, 0.1) is 5.92 Å². The van der Waals surface area contributed by atoms with Gasteiger partial charge in [-0.3, -0.25) is 9.78 Å². The first-order valence-electron chi connectivity index (χ1n) is 8.26. The molecule has 1 aromatic heterocycles. The molecular formula is C19H21N3O2. The minimum Gasteiger partial charge on any atom is -0.494 e. The summed E-state index contributed by atoms with van der Waals surface area (Å²) in [5.41, 5.74) is 2.37. The maximum absolute atomic E-state index is 12.5. The number of aromatic nitrogens is 1. The van der Waals surface area contributed by atoms with Gasteiger partial charge in [-0.25, -0.2) is 0 Å². The molecule has 2 aromatic rings. The number of rotatable bonds is 6. The second-order valence-corrected chi connectivity index (χ2v) is 5.79. The Balaban J connectivity index is 1.79. The summed E-state index contributed by atoms with van der Waals surface area (Å²) in [5.74, 6) is 0.492. The number of hydrogen-bond acceptors (Lipinski definition) is 4. The van der Waals surface area contributed by atoms with Gasteiger partial charge in [0.15, 0.2) is 0 Å². The normalized spacial score (nSPS) is 17.1. The minimum absolute atomic E-state index is 0.0338. The number of hydrazone groups is 1. The standard InChI is InChI=1S/C19H21N3O2/c1-3-4-12-24-17-9-7-16(8-10-17)22-19(23)14(2)18(21-22)15-6-5-11-20-13-15/h5-11,13-14H,3-4,12H2,1-2H3. The summed E-state index contributed by atoms with van der Waals surface area (Å²) >= 11 is 0. The van der Waals surface area contributed by atoms with Crippen LogP contribution in [0.25, 0.3) is 0 Å². The average Bonchev–Trinajstić information content (AvgIpc) is 2.92. The fraction of sp³-hybridized carbons (Fsp3) is 0.316. The number of carbonyl (C=O) groups is 1. The van der Waals surface area contributed by atoms with Crippen molar-refractivity contribution < 1.29 is 9.53 Å². The van der Waals surface area contributed by atoms with E-state index in [0.29, 0.717) is 6.61 Å². The molecular weight excluding hydrogens is 302 g/mol. The molecule has 0 radical (unpaired) electrons. The number of benzene rings is 1. The van der Waals surface area contributed by atoms with Crippen LogP contribution < -0.4 is 9.75 Å². The minimum atomic E-state index is -0.283. The number of hydrogen-bond donors (Lipinski definition) is 0. The smallest absolute Gasteiger partial charge is 0.256 e. The highest BCUT2D eigenvalue weighted by molar-refractivity contribution is 6.21. The molecule has 1 atom stereocenters. The van der Waals surface area contributed by atoms with E-state index in [9.17, 15) is 4.79 Å². The Morgan fingerprint density at radius 3 is 2.67 bits per heavy atom. The third-order valence-electron chi connectivity index (χ3n) is 4.00. The quantitative estimate of drug-likeness (QED) is 0.763. The van der Waals surface area contributed by atoms with Crippen LogP contribution in [0.5, 0.6) is 5.75 Å². The molecule has 1 amide bonds. The molecule has 0 fully saturated rings. The predicted molar refractivity (Wildman–Crippen MR) is 94.3 cm³/mol. The van der Waals surface area contributed by atoms with Gasteiger partial charge in [-0.2, -0.15) is 10.1 Å². The van der Waals surface area contributed by atoms with Crippen molar-refractivity contribution in [2.75, 3.05) is 11.6 Å². The fourth-order valence-corrected chi connectivity index (χ4v) is 2.57. The molecule has 0 spiro atoms. The second kappa shape index (κ2) is 7.25. The highest BCUT2D eigenvalue weighted by Crippen LogP contribution is 2.27. The molecule has 5 nitrogen and oxygen atoms in total. The molecule has 0 saturated carbocycles. The lowest BCUT2D eigenvalue weighted by molar-refractivity contribution is -0.119. The molecule has 1 aromatic carbocycles. The Bertz CT molecular complexity index is 726. The zero-order valence-corrected chi connectivity index (χ0v) is 14.0. The van der Waals surface area contributed by atoms with Crippen LogP contribution >= 0.6 is 0 Å². The van der Waals surface area contributed by atoms with Gasteiger partial charge in [-0.05, 0) is 49.7 Å². The molecule has 124 valence electrons. The summed E-state index contributed by atoms with van der Waals surface area (Å²) < 4.78 is 5.65. The maximum Gasteiger partial charge on any atom is 0.256 e. The van der Waals surface area contributed by atoms with E-state index in [1.165, 1.54) is 5.01 Å². The van der Waals surface area contributed by atoms with Crippen LogP contribution in [0.1, 0.15) is 32.3 Å². The molecule has 0 saturated heterocycles. The summed E-state index contributed by atoms with van der Waals surface area (Å²) in [5, 5.41) is 5.98. The van der Waals surface area contributed by atoms with Gasteiger partial charge in [0.25, 0.3) is 5.91 Å². The summed E-state index contributed by atoms with van der Waals surface area (Å²) in [4.78, 5) is 16.7. The van der Waals surface area contributed by atoms with Crippen LogP contribution in [0.2, 0.25) is 0 Å². The van der Waals surface area contributed by atoms with E-state index in [1.54, 1.807) is 12.4 Å². The Morgan fingerprint density at radius 1 is 1.21 bits per heavy atom. The third-order valence-corrected chi connectivity index (χ3v) is 4.00. The molecule has 0 N–H and O–H groups in total. The fourth-order valence-electron chi connectivity index (χ4n) is 2.57. The average molecular weight is 323 g/mol. The molecule has 1 unspecified atom stereocenters. The molecule has 2 heterocycles. The zero-order chi connectivity index (χ0) is 16.9. The van der Waals surface area contributed by atoms with Crippen molar-refractivity contribution in [3.63, 3.8) is 0 Å². The first-order valence-corrected chi connectivity index (χ1v) is 8.26. The molecule has 0 bridgehead atoms. The number of nitrogens with zero attached hydrogens (tertiary/aromatic N) is 3. The lowest BCUT2D eigenvalue weighted by atomic mass is 10.0. The van der Waals surface area contributed by atoms with Crippen molar-refractivity contribution in [2.24, 2.45) is 11.0 Å². The Labute approximate surface area is 142 Å². The van der Waals surface area contributed by atoms with Crippen LogP contribution in [-0.4, -0.2) is 23.2 Å². The van der Waals surface area contributed by atoms with E-state index in [2.05, 4.69) is 17.0 Å². The lowest BCUT2D eigenvalue weighted by Gasteiger charge is -2.13. The van der Waals surface area contributed by atoms with Gasteiger partial charge in [-0.15, -0.1) is 0 Å². The van der Waals surface area contributed by atoms with Crippen molar-refractivity contribution >= 4 is 17.3 Å². The highest BCUT2D eigenvalue weighted by Gasteiger charge is 2.34. The first-order chi connectivity index (χ1) is 11.7. The van der Waals surface area contributed by atoms with Crippen molar-refractivity contribution in [2.45, 2.75) is 26.7 Å². The number of ether oxygens (including phenoxy) is 1. The molecule has 3 rings (SSSR count). The van der Waals surface area contributed by atoms with Crippen LogP contribution in [0.3, 0.4) is 0 Å². The van der Waals surface area contributed by atoms with Crippen molar-refractivity contribution in [3.8, 4) is 5.75 Å². The highest BCUT2D eigenvalue weighted by atomic mass is 16.5. The van der Waals surface area contributed by atoms with E-state index in [0.717, 1.165) is 35.6 Å². The molecule has 1 aliphatic rings. The van der Waals surface area contributed by atoms with E-state index >= 15 is 0 Å². The Hall–Kier alpha value is -2.69. The van der Waals surface area contributed by atoms with Crippen molar-refractivity contribution in [1.29, 1.82) is 0 Å². The van der Waals surface area contributed by atoms with Crippen LogP contribution in [0.15, 0.2) is 53.9 Å². The number of unbranched alkanes of at least 4 members (excludes halogenated alkanes) is 1. The number of amides is 1.